The van der Waals surface area contributed by atoms with Crippen molar-refractivity contribution in [2.75, 3.05) is 0 Å². The summed E-state index contributed by atoms with van der Waals surface area (Å²) in [4.78, 5) is 8.36. The monoisotopic (exact) mass is 107 g/mol. The summed E-state index contributed by atoms with van der Waals surface area (Å²) in [5, 5.41) is 29.6. The number of hydrogen-bond donors (Lipinski definition) is 1. The maximum atomic E-state index is 8.36. The van der Waals surface area contributed by atoms with Gasteiger partial charge in [-0.2, -0.15) is 0 Å². The first kappa shape index (κ1) is 9.05. The number of rotatable bonds is 0. The smallest absolute Gasteiger partial charge is 0.291 e. The third-order valence-corrected chi connectivity index (χ3v) is 0. The molecule has 7 nitrogen and oxygen atoms in total. The SMILES string of the molecule is N#[N+][O-].O=[N+]([O-])O. The molecule has 40 valence electrons. The lowest BCUT2D eigenvalue weighted by molar-refractivity contribution is -0.742. The Morgan fingerprint density at radius 3 is 1.86 bits per heavy atom. The highest BCUT2D eigenvalue weighted by molar-refractivity contribution is 4.43. The van der Waals surface area contributed by atoms with Crippen molar-refractivity contribution < 1.29 is 10.3 Å². The van der Waals surface area contributed by atoms with Crippen molar-refractivity contribution in [3.8, 4) is 0 Å². The van der Waals surface area contributed by atoms with Gasteiger partial charge in [-0.3, -0.25) is 0 Å². The average molecular weight is 107 g/mol. The molecule has 0 aromatic heterocycles. The molecule has 0 spiro atoms. The van der Waals surface area contributed by atoms with Crippen LogP contribution in [0.15, 0.2) is 0 Å². The molecule has 0 aromatic rings. The minimum atomic E-state index is -1.50. The lowest BCUT2D eigenvalue weighted by atomic mass is 13.1. The number of nitrogens with zero attached hydrogens (tertiary/aromatic N) is 3. The molecule has 0 atom stereocenters. The molecule has 0 amide bonds. The van der Waals surface area contributed by atoms with Crippen LogP contribution in [0.4, 0.5) is 0 Å². The van der Waals surface area contributed by atoms with Crippen LogP contribution in [0, 0.1) is 20.7 Å². The van der Waals surface area contributed by atoms with Gasteiger partial charge in [0, 0.05) is 0 Å². The van der Waals surface area contributed by atoms with E-state index < -0.39 is 5.09 Å². The third-order valence-electron chi connectivity index (χ3n) is 0. The molecule has 0 aromatic carbocycles. The van der Waals surface area contributed by atoms with Crippen LogP contribution >= 0.6 is 0 Å². The minimum absolute atomic E-state index is 1.25. The highest BCUT2D eigenvalue weighted by atomic mass is 16.9. The molecule has 0 bridgehead atoms. The van der Waals surface area contributed by atoms with E-state index in [1.165, 1.54) is 5.14 Å². The lowest BCUT2D eigenvalue weighted by Crippen LogP contribution is -1.81. The summed E-state index contributed by atoms with van der Waals surface area (Å²) in [7, 11) is 0. The van der Waals surface area contributed by atoms with Gasteiger partial charge in [-0.1, -0.05) is 0 Å². The zero-order valence-electron chi connectivity index (χ0n) is 3.01. The summed E-state index contributed by atoms with van der Waals surface area (Å²) in [5.41, 5.74) is 0. The first-order valence-corrected chi connectivity index (χ1v) is 0.948. The van der Waals surface area contributed by atoms with Gasteiger partial charge in [-0.25, -0.2) is 0 Å². The minimum Gasteiger partial charge on any atom is -0.463 e. The van der Waals surface area contributed by atoms with Crippen LogP contribution in [0.2, 0.25) is 0 Å². The molecule has 0 aliphatic carbocycles. The summed E-state index contributed by atoms with van der Waals surface area (Å²) >= 11 is 0. The van der Waals surface area contributed by atoms with E-state index in [0.717, 1.165) is 0 Å². The number of hydrogen-bond acceptors (Lipinski definition) is 4. The molecule has 0 saturated carbocycles. The standard InChI is InChI=1S/N2O.HNO3/c1-2-3;2-1(3)4/h;(H,2,3,4). The molecule has 0 saturated heterocycles. The van der Waals surface area contributed by atoms with E-state index in [2.05, 4.69) is 0 Å². The van der Waals surface area contributed by atoms with E-state index in [4.69, 9.17) is 25.9 Å². The van der Waals surface area contributed by atoms with Gasteiger partial charge in [-0.05, 0) is 0 Å². The van der Waals surface area contributed by atoms with Gasteiger partial charge >= 0.3 is 0 Å². The normalized spacial score (nSPS) is 4.43. The van der Waals surface area contributed by atoms with Gasteiger partial charge in [0.2, 0.25) is 10.5 Å². The molecular weight excluding hydrogens is 106 g/mol. The maximum absolute atomic E-state index is 8.36. The first-order chi connectivity index (χ1) is 3.15. The zero-order valence-corrected chi connectivity index (χ0v) is 3.01. The number of diazo groups is 1. The van der Waals surface area contributed by atoms with Crippen LogP contribution in [0.5, 0.6) is 0 Å². The van der Waals surface area contributed by atoms with Crippen LogP contribution in [-0.2, 0) is 0 Å². The molecule has 1 N–H and O–H groups in total. The molecule has 0 fully saturated rings. The molecule has 0 aliphatic rings. The Morgan fingerprint density at radius 2 is 1.86 bits per heavy atom. The van der Waals surface area contributed by atoms with Crippen LogP contribution in [0.3, 0.4) is 0 Å². The van der Waals surface area contributed by atoms with Crippen molar-refractivity contribution in [2.45, 2.75) is 0 Å². The van der Waals surface area contributed by atoms with Crippen LogP contribution < -0.4 is 0 Å². The molecule has 7 heavy (non-hydrogen) atoms. The predicted octanol–water partition coefficient (Wildman–Crippen LogP) is -0.0104. The van der Waals surface area contributed by atoms with Crippen molar-refractivity contribution in [3.63, 3.8) is 0 Å². The molecule has 7 heteroatoms. The van der Waals surface area contributed by atoms with Gasteiger partial charge in [0.1, 0.15) is 0 Å². The summed E-state index contributed by atoms with van der Waals surface area (Å²) in [6.45, 7) is 0. The Labute approximate surface area is 37.5 Å². The van der Waals surface area contributed by atoms with Crippen molar-refractivity contribution in [1.82, 2.24) is 0 Å². The second-order valence-corrected chi connectivity index (χ2v) is 0.319. The summed E-state index contributed by atoms with van der Waals surface area (Å²) in [6, 6.07) is 0. The highest BCUT2D eigenvalue weighted by Crippen LogP contribution is 1.38. The summed E-state index contributed by atoms with van der Waals surface area (Å²) in [5.74, 6) is 0. The average Bonchev–Trinajstić information content (AvgIpc) is 1.33. The van der Waals surface area contributed by atoms with E-state index >= 15 is 0 Å². The largest absolute Gasteiger partial charge is 0.463 e. The van der Waals surface area contributed by atoms with Crippen LogP contribution in [-0.4, -0.2) is 10.3 Å². The maximum Gasteiger partial charge on any atom is 0.291 e. The Morgan fingerprint density at radius 1 is 1.86 bits per heavy atom. The fourth-order valence-corrected chi connectivity index (χ4v) is 0. The van der Waals surface area contributed by atoms with Crippen molar-refractivity contribution in [3.05, 3.63) is 20.5 Å². The lowest BCUT2D eigenvalue weighted by Gasteiger charge is -1.56. The third kappa shape index (κ3) is 10.4. The van der Waals surface area contributed by atoms with E-state index in [1.807, 2.05) is 0 Å². The topological polar surface area (TPSA) is 115 Å². The van der Waals surface area contributed by atoms with Crippen molar-refractivity contribution in [1.29, 1.82) is 5.39 Å². The van der Waals surface area contributed by atoms with Gasteiger partial charge in [-0.15, -0.1) is 10.1 Å². The Hall–Kier alpha value is -1.58. The molecular formula is HN3O4. The van der Waals surface area contributed by atoms with Gasteiger partial charge < -0.3 is 10.4 Å². The predicted molar refractivity (Wildman–Crippen MR) is 17.2 cm³/mol. The first-order valence-electron chi connectivity index (χ1n) is 0.948. The molecule has 0 heterocycles. The summed E-state index contributed by atoms with van der Waals surface area (Å²) in [6.07, 6.45) is 0. The van der Waals surface area contributed by atoms with Crippen LogP contribution in [0.1, 0.15) is 0 Å². The van der Waals surface area contributed by atoms with Gasteiger partial charge in [0.15, 0.2) is 0 Å². The van der Waals surface area contributed by atoms with E-state index in [-0.39, 0.29) is 0 Å². The highest BCUT2D eigenvalue weighted by Gasteiger charge is 1.65. The van der Waals surface area contributed by atoms with Gasteiger partial charge in [0.05, 0.1) is 0 Å². The fourth-order valence-electron chi connectivity index (χ4n) is 0. The summed E-state index contributed by atoms with van der Waals surface area (Å²) < 4.78 is 0. The molecule has 0 aliphatic heterocycles. The quantitative estimate of drug-likeness (QED) is 0.265. The van der Waals surface area contributed by atoms with Crippen molar-refractivity contribution in [2.24, 2.45) is 0 Å². The Bertz CT molecular complexity index is 75.4. The van der Waals surface area contributed by atoms with Crippen LogP contribution in [0.25, 0.3) is 5.14 Å². The zero-order chi connectivity index (χ0) is 6.28. The van der Waals surface area contributed by atoms with E-state index in [9.17, 15) is 0 Å². The molecule has 0 unspecified atom stereocenters. The van der Waals surface area contributed by atoms with Crippen molar-refractivity contribution >= 4 is 0 Å². The molecule has 0 rings (SSSR count). The van der Waals surface area contributed by atoms with E-state index in [0.29, 0.717) is 0 Å². The second kappa shape index (κ2) is 8.83. The Balaban J connectivity index is 0. The molecule has 0 radical (unpaired) electrons. The van der Waals surface area contributed by atoms with Gasteiger partial charge in [0.25, 0.3) is 5.09 Å². The fraction of sp³-hybridized carbons (Fsp3) is 0. The second-order valence-electron chi connectivity index (χ2n) is 0.319. The van der Waals surface area contributed by atoms with E-state index in [1.54, 1.807) is 0 Å². The Kier molecular flexibility index (Phi) is 11.4.